The number of alkyl halides is 3. The number of aryl methyl sites for hydroxylation is 1. The molecule has 0 aliphatic heterocycles. The lowest BCUT2D eigenvalue weighted by atomic mass is 9.65. The van der Waals surface area contributed by atoms with Gasteiger partial charge in [0.1, 0.15) is 0 Å². The molecule has 2 nitrogen and oxygen atoms in total. The molecular weight excluding hydrogens is 411 g/mol. The van der Waals surface area contributed by atoms with Crippen molar-refractivity contribution in [2.75, 3.05) is 0 Å². The van der Waals surface area contributed by atoms with Crippen LogP contribution in [0.25, 0.3) is 0 Å². The first-order valence-electron chi connectivity index (χ1n) is 10.4. The van der Waals surface area contributed by atoms with Gasteiger partial charge in [-0.15, -0.1) is 0 Å². The number of hydrogen-bond donors (Lipinski definition) is 1. The van der Waals surface area contributed by atoms with Crippen molar-refractivity contribution >= 4 is 0 Å². The zero-order valence-corrected chi connectivity index (χ0v) is 17.5. The normalized spacial score (nSPS) is 12.0. The number of benzene rings is 3. The van der Waals surface area contributed by atoms with E-state index in [1.54, 1.807) is 18.3 Å². The van der Waals surface area contributed by atoms with Crippen molar-refractivity contribution in [2.24, 2.45) is 0 Å². The summed E-state index contributed by atoms with van der Waals surface area (Å²) in [5.74, 6) is 0. The van der Waals surface area contributed by atoms with Crippen LogP contribution in [0.1, 0.15) is 40.3 Å². The van der Waals surface area contributed by atoms with E-state index in [0.29, 0.717) is 23.1 Å². The SMILES string of the molecule is CCc1cc(C(c2ccccc2)(c2ccccc2)c2cccc(C(F)(F)F)c2)c[nH]c1=O. The molecule has 162 valence electrons. The van der Waals surface area contributed by atoms with Gasteiger partial charge in [-0.1, -0.05) is 85.8 Å². The predicted octanol–water partition coefficient (Wildman–Crippen LogP) is 6.34. The summed E-state index contributed by atoms with van der Waals surface area (Å²) in [6.45, 7) is 1.88. The molecule has 1 aromatic heterocycles. The summed E-state index contributed by atoms with van der Waals surface area (Å²) in [7, 11) is 0. The molecule has 0 spiro atoms. The summed E-state index contributed by atoms with van der Waals surface area (Å²) < 4.78 is 41.1. The molecule has 0 aliphatic carbocycles. The average Bonchev–Trinajstić information content (AvgIpc) is 2.81. The zero-order valence-electron chi connectivity index (χ0n) is 17.5. The van der Waals surface area contributed by atoms with E-state index >= 15 is 0 Å². The lowest BCUT2D eigenvalue weighted by Gasteiger charge is -2.37. The fourth-order valence-corrected chi connectivity index (χ4v) is 4.32. The van der Waals surface area contributed by atoms with Crippen molar-refractivity contribution in [1.29, 1.82) is 0 Å². The number of pyridine rings is 1. The summed E-state index contributed by atoms with van der Waals surface area (Å²) in [4.78, 5) is 15.1. The van der Waals surface area contributed by atoms with E-state index in [-0.39, 0.29) is 5.56 Å². The Balaban J connectivity index is 2.16. The molecule has 0 amide bonds. The van der Waals surface area contributed by atoms with Crippen molar-refractivity contribution < 1.29 is 13.2 Å². The molecule has 0 unspecified atom stereocenters. The highest BCUT2D eigenvalue weighted by Crippen LogP contribution is 2.46. The Morgan fingerprint density at radius 2 is 1.22 bits per heavy atom. The van der Waals surface area contributed by atoms with E-state index in [4.69, 9.17) is 0 Å². The minimum Gasteiger partial charge on any atom is -0.329 e. The maximum Gasteiger partial charge on any atom is 0.416 e. The largest absolute Gasteiger partial charge is 0.416 e. The Labute approximate surface area is 184 Å². The molecule has 1 heterocycles. The molecule has 0 atom stereocenters. The summed E-state index contributed by atoms with van der Waals surface area (Å²) in [6.07, 6.45) is -2.36. The number of aromatic nitrogens is 1. The van der Waals surface area contributed by atoms with E-state index in [2.05, 4.69) is 4.98 Å². The van der Waals surface area contributed by atoms with Crippen LogP contribution in [0.2, 0.25) is 0 Å². The molecule has 0 fully saturated rings. The fraction of sp³-hybridized carbons (Fsp3) is 0.148. The second kappa shape index (κ2) is 8.50. The van der Waals surface area contributed by atoms with E-state index in [9.17, 15) is 18.0 Å². The first kappa shape index (κ1) is 21.6. The van der Waals surface area contributed by atoms with Crippen LogP contribution in [-0.4, -0.2) is 4.98 Å². The minimum absolute atomic E-state index is 0.199. The van der Waals surface area contributed by atoms with Crippen LogP contribution < -0.4 is 5.56 Å². The van der Waals surface area contributed by atoms with Gasteiger partial charge in [0.2, 0.25) is 0 Å². The van der Waals surface area contributed by atoms with Gasteiger partial charge in [-0.05, 0) is 40.8 Å². The average molecular weight is 433 g/mol. The highest BCUT2D eigenvalue weighted by Gasteiger charge is 2.40. The van der Waals surface area contributed by atoms with Crippen molar-refractivity contribution in [3.8, 4) is 0 Å². The molecular formula is C27H22F3NO. The van der Waals surface area contributed by atoms with Gasteiger partial charge in [0, 0.05) is 11.8 Å². The lowest BCUT2D eigenvalue weighted by Crippen LogP contribution is -2.32. The third kappa shape index (κ3) is 3.75. The Kier molecular flexibility index (Phi) is 5.74. The van der Waals surface area contributed by atoms with E-state index in [1.165, 1.54) is 12.1 Å². The van der Waals surface area contributed by atoms with Crippen LogP contribution in [0, 0.1) is 0 Å². The molecule has 4 rings (SSSR count). The summed E-state index contributed by atoms with van der Waals surface area (Å²) in [6, 6.07) is 26.1. The van der Waals surface area contributed by atoms with E-state index < -0.39 is 17.2 Å². The van der Waals surface area contributed by atoms with Crippen LogP contribution in [0.3, 0.4) is 0 Å². The Morgan fingerprint density at radius 3 is 1.75 bits per heavy atom. The van der Waals surface area contributed by atoms with Crippen molar-refractivity contribution in [3.05, 3.63) is 141 Å². The van der Waals surface area contributed by atoms with Crippen molar-refractivity contribution in [3.63, 3.8) is 0 Å². The van der Waals surface area contributed by atoms with Gasteiger partial charge >= 0.3 is 6.18 Å². The quantitative estimate of drug-likeness (QED) is 0.366. The Bertz CT molecular complexity index is 1220. The van der Waals surface area contributed by atoms with Gasteiger partial charge in [-0.2, -0.15) is 13.2 Å². The maximum absolute atomic E-state index is 13.7. The molecule has 0 saturated heterocycles. The van der Waals surface area contributed by atoms with Crippen LogP contribution in [-0.2, 0) is 18.0 Å². The number of aromatic amines is 1. The molecule has 0 bridgehead atoms. The van der Waals surface area contributed by atoms with Gasteiger partial charge in [-0.25, -0.2) is 0 Å². The number of hydrogen-bond acceptors (Lipinski definition) is 1. The number of halogens is 3. The predicted molar refractivity (Wildman–Crippen MR) is 120 cm³/mol. The molecule has 1 N–H and O–H groups in total. The van der Waals surface area contributed by atoms with Gasteiger partial charge < -0.3 is 4.98 Å². The monoisotopic (exact) mass is 433 g/mol. The second-order valence-electron chi connectivity index (χ2n) is 7.66. The van der Waals surface area contributed by atoms with Crippen molar-refractivity contribution in [2.45, 2.75) is 24.9 Å². The fourth-order valence-electron chi connectivity index (χ4n) is 4.32. The molecule has 0 aliphatic rings. The Morgan fingerprint density at radius 1 is 0.688 bits per heavy atom. The summed E-state index contributed by atoms with van der Waals surface area (Å²) in [5.41, 5.74) is 1.38. The topological polar surface area (TPSA) is 32.9 Å². The number of nitrogens with one attached hydrogen (secondary N) is 1. The maximum atomic E-state index is 13.7. The Hall–Kier alpha value is -3.60. The molecule has 0 saturated carbocycles. The van der Waals surface area contributed by atoms with Crippen LogP contribution in [0.5, 0.6) is 0 Å². The number of H-pyrrole nitrogens is 1. The molecule has 32 heavy (non-hydrogen) atoms. The highest BCUT2D eigenvalue weighted by molar-refractivity contribution is 5.60. The zero-order chi connectivity index (χ0) is 22.8. The van der Waals surface area contributed by atoms with Crippen molar-refractivity contribution in [1.82, 2.24) is 4.98 Å². The van der Waals surface area contributed by atoms with Crippen LogP contribution in [0.15, 0.2) is 102 Å². The smallest absolute Gasteiger partial charge is 0.329 e. The second-order valence-corrected chi connectivity index (χ2v) is 7.66. The third-order valence-electron chi connectivity index (χ3n) is 5.83. The third-order valence-corrected chi connectivity index (χ3v) is 5.83. The first-order valence-corrected chi connectivity index (χ1v) is 10.4. The van der Waals surface area contributed by atoms with Crippen LogP contribution >= 0.6 is 0 Å². The minimum atomic E-state index is -4.48. The van der Waals surface area contributed by atoms with Crippen LogP contribution in [0.4, 0.5) is 13.2 Å². The molecule has 4 aromatic rings. The molecule has 3 aromatic carbocycles. The summed E-state index contributed by atoms with van der Waals surface area (Å²) >= 11 is 0. The molecule has 0 radical (unpaired) electrons. The summed E-state index contributed by atoms with van der Waals surface area (Å²) in [5, 5.41) is 0. The van der Waals surface area contributed by atoms with Gasteiger partial charge in [-0.3, -0.25) is 4.79 Å². The van der Waals surface area contributed by atoms with E-state index in [1.807, 2.05) is 67.6 Å². The van der Waals surface area contributed by atoms with E-state index in [0.717, 1.165) is 17.2 Å². The lowest BCUT2D eigenvalue weighted by molar-refractivity contribution is -0.137. The standard InChI is InChI=1S/C27H22F3NO/c1-2-19-16-24(18-31-25(19)32)26(20-10-5-3-6-11-20,21-12-7-4-8-13-21)22-14-9-15-23(17-22)27(28,29)30/h3-18H,2H2,1H3,(H,31,32). The first-order chi connectivity index (χ1) is 15.4. The van der Waals surface area contributed by atoms with Gasteiger partial charge in [0.25, 0.3) is 5.56 Å². The molecule has 5 heteroatoms. The van der Waals surface area contributed by atoms with Gasteiger partial charge in [0.05, 0.1) is 11.0 Å². The highest BCUT2D eigenvalue weighted by atomic mass is 19.4. The number of rotatable bonds is 5. The van der Waals surface area contributed by atoms with Gasteiger partial charge in [0.15, 0.2) is 0 Å².